The third-order valence-electron chi connectivity index (χ3n) is 3.83. The topological polar surface area (TPSA) is 46.9 Å². The lowest BCUT2D eigenvalue weighted by Gasteiger charge is -2.17. The molecule has 0 aliphatic carbocycles. The van der Waals surface area contributed by atoms with Crippen LogP contribution in [-0.4, -0.2) is 22.0 Å². The Kier molecular flexibility index (Phi) is 5.45. The second-order valence-corrected chi connectivity index (χ2v) is 7.63. The van der Waals surface area contributed by atoms with Crippen molar-refractivity contribution in [1.29, 1.82) is 0 Å². The van der Waals surface area contributed by atoms with Crippen molar-refractivity contribution in [2.45, 2.75) is 54.0 Å². The van der Waals surface area contributed by atoms with Gasteiger partial charge in [0.15, 0.2) is 0 Å². The fourth-order valence-electron chi connectivity index (χ4n) is 2.60. The first-order valence-corrected chi connectivity index (χ1v) is 8.51. The molecule has 1 aromatic carbocycles. The van der Waals surface area contributed by atoms with E-state index in [1.807, 2.05) is 26.8 Å². The summed E-state index contributed by atoms with van der Waals surface area (Å²) in [6.07, 6.45) is 1.79. The number of carbonyl (C=O) groups excluding carboxylic acids is 1. The number of para-hydroxylation sites is 2. The molecule has 23 heavy (non-hydrogen) atoms. The number of nitrogens with zero attached hydrogens (tertiary/aromatic N) is 2. The molecule has 1 amide bonds. The number of aryl methyl sites for hydroxylation is 1. The van der Waals surface area contributed by atoms with E-state index in [2.05, 4.69) is 41.9 Å². The summed E-state index contributed by atoms with van der Waals surface area (Å²) in [6.45, 7) is 11.9. The fourth-order valence-corrected chi connectivity index (χ4v) is 2.60. The Morgan fingerprint density at radius 1 is 1.26 bits per heavy atom. The highest BCUT2D eigenvalue weighted by atomic mass is 16.2. The lowest BCUT2D eigenvalue weighted by molar-refractivity contribution is -0.128. The normalized spacial score (nSPS) is 12.1. The van der Waals surface area contributed by atoms with E-state index in [0.29, 0.717) is 12.5 Å². The number of carbonyl (C=O) groups is 1. The molecule has 0 saturated carbocycles. The zero-order valence-corrected chi connectivity index (χ0v) is 15.0. The van der Waals surface area contributed by atoms with Gasteiger partial charge in [-0.2, -0.15) is 0 Å². The predicted molar refractivity (Wildman–Crippen MR) is 95.4 cm³/mol. The summed E-state index contributed by atoms with van der Waals surface area (Å²) in [7, 11) is 0. The molecule has 0 bridgehead atoms. The Bertz CT molecular complexity index is 665. The van der Waals surface area contributed by atoms with Crippen molar-refractivity contribution in [3.8, 4) is 0 Å². The highest BCUT2D eigenvalue weighted by molar-refractivity contribution is 5.81. The molecule has 1 N–H and O–H groups in total. The van der Waals surface area contributed by atoms with Gasteiger partial charge in [-0.1, -0.05) is 46.8 Å². The minimum absolute atomic E-state index is 0.105. The van der Waals surface area contributed by atoms with Gasteiger partial charge in [0.05, 0.1) is 11.0 Å². The van der Waals surface area contributed by atoms with Crippen LogP contribution in [0.5, 0.6) is 0 Å². The van der Waals surface area contributed by atoms with Crippen LogP contribution in [0.4, 0.5) is 0 Å². The van der Waals surface area contributed by atoms with Crippen LogP contribution in [0.15, 0.2) is 24.3 Å². The van der Waals surface area contributed by atoms with E-state index in [1.165, 1.54) is 5.52 Å². The lowest BCUT2D eigenvalue weighted by Crippen LogP contribution is -2.35. The summed E-state index contributed by atoms with van der Waals surface area (Å²) in [5, 5.41) is 3.01. The van der Waals surface area contributed by atoms with Gasteiger partial charge in [-0.15, -0.1) is 0 Å². The van der Waals surface area contributed by atoms with Crippen molar-refractivity contribution >= 4 is 16.9 Å². The molecular formula is C19H29N3O. The van der Waals surface area contributed by atoms with Gasteiger partial charge in [0.2, 0.25) is 5.91 Å². The number of fused-ring (bicyclic) bond motifs is 1. The molecule has 4 heteroatoms. The van der Waals surface area contributed by atoms with Crippen LogP contribution < -0.4 is 5.32 Å². The van der Waals surface area contributed by atoms with Crippen LogP contribution in [0.25, 0.3) is 11.0 Å². The Morgan fingerprint density at radius 2 is 1.96 bits per heavy atom. The molecule has 1 aromatic heterocycles. The van der Waals surface area contributed by atoms with Gasteiger partial charge in [0, 0.05) is 24.9 Å². The molecule has 0 radical (unpaired) electrons. The highest BCUT2D eigenvalue weighted by Crippen LogP contribution is 2.19. The largest absolute Gasteiger partial charge is 0.356 e. The molecule has 0 atom stereocenters. The number of rotatable bonds is 6. The van der Waals surface area contributed by atoms with E-state index < -0.39 is 0 Å². The highest BCUT2D eigenvalue weighted by Gasteiger charge is 2.20. The quantitative estimate of drug-likeness (QED) is 0.825. The summed E-state index contributed by atoms with van der Waals surface area (Å²) >= 11 is 0. The molecule has 2 rings (SSSR count). The Hall–Kier alpha value is -1.84. The predicted octanol–water partition coefficient (Wildman–Crippen LogP) is 3.79. The van der Waals surface area contributed by atoms with Crippen LogP contribution in [0.3, 0.4) is 0 Å². The van der Waals surface area contributed by atoms with E-state index >= 15 is 0 Å². The molecule has 0 aliphatic rings. The van der Waals surface area contributed by atoms with E-state index in [9.17, 15) is 4.79 Å². The Balaban J connectivity index is 2.03. The number of aromatic nitrogens is 2. The van der Waals surface area contributed by atoms with E-state index in [1.54, 1.807) is 0 Å². The van der Waals surface area contributed by atoms with E-state index in [4.69, 9.17) is 4.98 Å². The molecule has 1 heterocycles. The molecule has 4 nitrogen and oxygen atoms in total. The standard InChI is InChI=1S/C19H29N3O/c1-14(2)13-22-16-10-7-6-9-15(16)21-17(22)11-8-12-20-18(23)19(3,4)5/h6-7,9-10,14H,8,11-13H2,1-5H3,(H,20,23). The first-order valence-electron chi connectivity index (χ1n) is 8.51. The summed E-state index contributed by atoms with van der Waals surface area (Å²) in [5.74, 6) is 1.80. The van der Waals surface area contributed by atoms with Crippen LogP contribution >= 0.6 is 0 Å². The van der Waals surface area contributed by atoms with Crippen molar-refractivity contribution in [2.75, 3.05) is 6.54 Å². The van der Waals surface area contributed by atoms with Crippen molar-refractivity contribution < 1.29 is 4.79 Å². The second kappa shape index (κ2) is 7.16. The third kappa shape index (κ3) is 4.57. The number of amides is 1. The zero-order chi connectivity index (χ0) is 17.0. The molecule has 126 valence electrons. The zero-order valence-electron chi connectivity index (χ0n) is 15.0. The summed E-state index contributed by atoms with van der Waals surface area (Å²) in [4.78, 5) is 16.7. The van der Waals surface area contributed by atoms with Gasteiger partial charge in [-0.3, -0.25) is 4.79 Å². The van der Waals surface area contributed by atoms with Crippen LogP contribution in [-0.2, 0) is 17.8 Å². The van der Waals surface area contributed by atoms with Crippen molar-refractivity contribution in [1.82, 2.24) is 14.9 Å². The van der Waals surface area contributed by atoms with Crippen LogP contribution in [0, 0.1) is 11.3 Å². The number of benzene rings is 1. The molecule has 0 fully saturated rings. The van der Waals surface area contributed by atoms with Gasteiger partial charge in [-0.05, 0) is 24.5 Å². The van der Waals surface area contributed by atoms with Gasteiger partial charge in [-0.25, -0.2) is 4.98 Å². The summed E-state index contributed by atoms with van der Waals surface area (Å²) in [6, 6.07) is 8.29. The minimum atomic E-state index is -0.329. The number of imidazole rings is 1. The molecule has 0 aliphatic heterocycles. The molecule has 2 aromatic rings. The van der Waals surface area contributed by atoms with E-state index in [0.717, 1.165) is 30.7 Å². The summed E-state index contributed by atoms with van der Waals surface area (Å²) < 4.78 is 2.32. The van der Waals surface area contributed by atoms with Crippen molar-refractivity contribution in [2.24, 2.45) is 11.3 Å². The Labute approximate surface area is 139 Å². The van der Waals surface area contributed by atoms with Gasteiger partial charge in [0.1, 0.15) is 5.82 Å². The second-order valence-electron chi connectivity index (χ2n) is 7.63. The maximum atomic E-state index is 11.9. The fraction of sp³-hybridized carbons (Fsp3) is 0.579. The molecular weight excluding hydrogens is 286 g/mol. The average Bonchev–Trinajstić information content (AvgIpc) is 2.80. The third-order valence-corrected chi connectivity index (χ3v) is 3.83. The number of hydrogen-bond acceptors (Lipinski definition) is 2. The minimum Gasteiger partial charge on any atom is -0.356 e. The SMILES string of the molecule is CC(C)Cn1c(CCCNC(=O)C(C)(C)C)nc2ccccc21. The van der Waals surface area contributed by atoms with Crippen LogP contribution in [0.1, 0.15) is 46.9 Å². The van der Waals surface area contributed by atoms with Crippen molar-refractivity contribution in [3.63, 3.8) is 0 Å². The van der Waals surface area contributed by atoms with Gasteiger partial charge in [0.25, 0.3) is 0 Å². The van der Waals surface area contributed by atoms with Gasteiger partial charge < -0.3 is 9.88 Å². The monoisotopic (exact) mass is 315 g/mol. The van der Waals surface area contributed by atoms with Gasteiger partial charge >= 0.3 is 0 Å². The first-order chi connectivity index (χ1) is 10.8. The Morgan fingerprint density at radius 3 is 2.61 bits per heavy atom. The van der Waals surface area contributed by atoms with E-state index in [-0.39, 0.29) is 11.3 Å². The number of nitrogens with one attached hydrogen (secondary N) is 1. The first kappa shape index (κ1) is 17.5. The molecule has 0 spiro atoms. The average molecular weight is 315 g/mol. The van der Waals surface area contributed by atoms with Crippen LogP contribution in [0.2, 0.25) is 0 Å². The maximum Gasteiger partial charge on any atom is 0.225 e. The smallest absolute Gasteiger partial charge is 0.225 e. The maximum absolute atomic E-state index is 11.9. The number of hydrogen-bond donors (Lipinski definition) is 1. The lowest BCUT2D eigenvalue weighted by atomic mass is 9.96. The van der Waals surface area contributed by atoms with Crippen molar-refractivity contribution in [3.05, 3.63) is 30.1 Å². The molecule has 0 unspecified atom stereocenters. The molecule has 0 saturated heterocycles. The summed E-state index contributed by atoms with van der Waals surface area (Å²) in [5.41, 5.74) is 1.93.